The van der Waals surface area contributed by atoms with Crippen LogP contribution >= 0.6 is 24.0 Å². The summed E-state index contributed by atoms with van der Waals surface area (Å²) in [6.07, 6.45) is 2.49. The van der Waals surface area contributed by atoms with E-state index in [9.17, 15) is 8.78 Å². The normalized spacial score (nSPS) is 15.9. The summed E-state index contributed by atoms with van der Waals surface area (Å²) in [5.41, 5.74) is 0.572. The number of hydrogen-bond donors (Lipinski definition) is 2. The van der Waals surface area contributed by atoms with Crippen LogP contribution in [0.5, 0.6) is 11.5 Å². The molecule has 2 rings (SSSR count). The lowest BCUT2D eigenvalue weighted by Crippen LogP contribution is -2.43. The number of rotatable bonds is 8. The average molecular weight is 512 g/mol. The number of hydrogen-bond acceptors (Lipinski definition) is 4. The van der Waals surface area contributed by atoms with Gasteiger partial charge in [0.1, 0.15) is 11.5 Å². The van der Waals surface area contributed by atoms with Gasteiger partial charge in [-0.05, 0) is 50.0 Å². The second-order valence-corrected chi connectivity index (χ2v) is 6.73. The van der Waals surface area contributed by atoms with Gasteiger partial charge in [0.05, 0.1) is 7.11 Å². The number of piperidine rings is 1. The van der Waals surface area contributed by atoms with Crippen LogP contribution < -0.4 is 20.1 Å². The molecule has 1 aliphatic rings. The fourth-order valence-corrected chi connectivity index (χ4v) is 3.05. The van der Waals surface area contributed by atoms with Crippen LogP contribution in [0.25, 0.3) is 0 Å². The molecule has 2 N–H and O–H groups in total. The molecule has 0 spiro atoms. The van der Waals surface area contributed by atoms with Crippen molar-refractivity contribution in [3.05, 3.63) is 23.8 Å². The Labute approximate surface area is 183 Å². The van der Waals surface area contributed by atoms with Crippen LogP contribution in [0.4, 0.5) is 8.78 Å². The highest BCUT2D eigenvalue weighted by Crippen LogP contribution is 2.25. The number of aliphatic imine (C=N–C) groups is 1. The van der Waals surface area contributed by atoms with Gasteiger partial charge in [-0.3, -0.25) is 4.99 Å². The fourth-order valence-electron chi connectivity index (χ4n) is 3.05. The van der Waals surface area contributed by atoms with Crippen LogP contribution in [0.3, 0.4) is 0 Å². The smallest absolute Gasteiger partial charge is 0.387 e. The van der Waals surface area contributed by atoms with Crippen LogP contribution in [-0.2, 0) is 6.54 Å². The van der Waals surface area contributed by atoms with E-state index in [0.717, 1.165) is 32.1 Å². The van der Waals surface area contributed by atoms with Gasteiger partial charge in [-0.15, -0.1) is 24.0 Å². The Morgan fingerprint density at radius 1 is 1.29 bits per heavy atom. The first-order valence-electron chi connectivity index (χ1n) is 9.30. The molecule has 0 aliphatic carbocycles. The highest BCUT2D eigenvalue weighted by molar-refractivity contribution is 14.0. The van der Waals surface area contributed by atoms with Crippen molar-refractivity contribution in [1.82, 2.24) is 15.5 Å². The third-order valence-electron chi connectivity index (χ3n) is 4.75. The van der Waals surface area contributed by atoms with Crippen LogP contribution in [0.2, 0.25) is 0 Å². The number of likely N-dealkylation sites (tertiary alicyclic amines) is 1. The number of guanidine groups is 1. The Kier molecular flexibility index (Phi) is 11.4. The summed E-state index contributed by atoms with van der Waals surface area (Å²) in [6.45, 7) is 3.70. The summed E-state index contributed by atoms with van der Waals surface area (Å²) in [6, 6.07) is 4.75. The third kappa shape index (κ3) is 8.34. The Morgan fingerprint density at radius 3 is 2.61 bits per heavy atom. The van der Waals surface area contributed by atoms with Gasteiger partial charge in [0.25, 0.3) is 0 Å². The average Bonchev–Trinajstić information content (AvgIpc) is 2.66. The van der Waals surface area contributed by atoms with E-state index < -0.39 is 6.61 Å². The van der Waals surface area contributed by atoms with Crippen molar-refractivity contribution in [3.63, 3.8) is 0 Å². The van der Waals surface area contributed by atoms with E-state index >= 15 is 0 Å². The monoisotopic (exact) mass is 512 g/mol. The van der Waals surface area contributed by atoms with E-state index in [1.54, 1.807) is 19.2 Å². The van der Waals surface area contributed by atoms with Gasteiger partial charge in [0.2, 0.25) is 0 Å². The van der Waals surface area contributed by atoms with Gasteiger partial charge in [-0.2, -0.15) is 8.78 Å². The third-order valence-corrected chi connectivity index (χ3v) is 4.75. The molecule has 1 fully saturated rings. The van der Waals surface area contributed by atoms with Gasteiger partial charge >= 0.3 is 6.61 Å². The predicted molar refractivity (Wildman–Crippen MR) is 118 cm³/mol. The van der Waals surface area contributed by atoms with E-state index in [-0.39, 0.29) is 29.7 Å². The van der Waals surface area contributed by atoms with E-state index in [2.05, 4.69) is 32.2 Å². The van der Waals surface area contributed by atoms with Gasteiger partial charge in [-0.25, -0.2) is 0 Å². The number of methoxy groups -OCH3 is 1. The molecule has 1 saturated heterocycles. The largest absolute Gasteiger partial charge is 0.497 e. The molecule has 1 heterocycles. The zero-order valence-electron chi connectivity index (χ0n) is 16.7. The molecule has 28 heavy (non-hydrogen) atoms. The quantitative estimate of drug-likeness (QED) is 0.318. The van der Waals surface area contributed by atoms with Crippen LogP contribution in [0, 0.1) is 5.92 Å². The van der Waals surface area contributed by atoms with Crippen molar-refractivity contribution in [1.29, 1.82) is 0 Å². The van der Waals surface area contributed by atoms with Crippen molar-refractivity contribution in [2.45, 2.75) is 32.9 Å². The van der Waals surface area contributed by atoms with Crippen molar-refractivity contribution < 1.29 is 18.3 Å². The standard InChI is InChI=1S/C19H30F2N4O2.HI/c1-14-6-9-25(10-7-14)11-8-23-19(22-2)24-13-15-12-16(26-3)4-5-17(15)27-18(20)21;/h4-5,12,14,18H,6-11,13H2,1-3H3,(H2,22,23,24);1H. The molecule has 0 bridgehead atoms. The van der Waals surface area contributed by atoms with Gasteiger partial charge in [0.15, 0.2) is 5.96 Å². The molecule has 0 unspecified atom stereocenters. The van der Waals surface area contributed by atoms with E-state index in [1.165, 1.54) is 26.0 Å². The molecule has 0 atom stereocenters. The molecule has 0 radical (unpaired) electrons. The summed E-state index contributed by atoms with van der Waals surface area (Å²) in [7, 11) is 3.21. The summed E-state index contributed by atoms with van der Waals surface area (Å²) in [5.74, 6) is 2.13. The second-order valence-electron chi connectivity index (χ2n) is 6.73. The van der Waals surface area contributed by atoms with Crippen molar-refractivity contribution in [3.8, 4) is 11.5 Å². The second kappa shape index (κ2) is 13.0. The molecule has 1 aromatic carbocycles. The summed E-state index contributed by atoms with van der Waals surface area (Å²) < 4.78 is 35.0. The molecule has 1 aromatic rings. The zero-order valence-corrected chi connectivity index (χ0v) is 19.0. The minimum atomic E-state index is -2.87. The van der Waals surface area contributed by atoms with Crippen molar-refractivity contribution in [2.24, 2.45) is 10.9 Å². The summed E-state index contributed by atoms with van der Waals surface area (Å²) in [5, 5.41) is 6.40. The molecular formula is C19H31F2IN4O2. The fraction of sp³-hybridized carbons (Fsp3) is 0.632. The minimum absolute atomic E-state index is 0. The first-order chi connectivity index (χ1) is 13.0. The lowest BCUT2D eigenvalue weighted by molar-refractivity contribution is -0.0504. The number of benzene rings is 1. The van der Waals surface area contributed by atoms with E-state index in [1.807, 2.05) is 0 Å². The molecule has 0 amide bonds. The molecule has 0 saturated carbocycles. The predicted octanol–water partition coefficient (Wildman–Crippen LogP) is 3.31. The number of ether oxygens (including phenoxy) is 2. The van der Waals surface area contributed by atoms with E-state index in [0.29, 0.717) is 23.8 Å². The number of nitrogens with zero attached hydrogens (tertiary/aromatic N) is 2. The Morgan fingerprint density at radius 2 is 2.00 bits per heavy atom. The van der Waals surface area contributed by atoms with Gasteiger partial charge < -0.3 is 25.0 Å². The minimum Gasteiger partial charge on any atom is -0.497 e. The van der Waals surface area contributed by atoms with E-state index in [4.69, 9.17) is 4.74 Å². The zero-order chi connectivity index (χ0) is 19.6. The summed E-state index contributed by atoms with van der Waals surface area (Å²) in [4.78, 5) is 6.63. The maximum absolute atomic E-state index is 12.6. The lowest BCUT2D eigenvalue weighted by atomic mass is 9.99. The molecule has 6 nitrogen and oxygen atoms in total. The maximum Gasteiger partial charge on any atom is 0.387 e. The molecular weight excluding hydrogens is 481 g/mol. The van der Waals surface area contributed by atoms with Crippen molar-refractivity contribution >= 4 is 29.9 Å². The maximum atomic E-state index is 12.6. The number of alkyl halides is 2. The van der Waals surface area contributed by atoms with Gasteiger partial charge in [-0.1, -0.05) is 6.92 Å². The molecule has 9 heteroatoms. The topological polar surface area (TPSA) is 58.1 Å². The molecule has 1 aliphatic heterocycles. The highest BCUT2D eigenvalue weighted by Gasteiger charge is 2.15. The Balaban J connectivity index is 0.00000392. The molecule has 160 valence electrons. The Hall–Kier alpha value is -1.36. The SMILES string of the molecule is CN=C(NCCN1CCC(C)CC1)NCc1cc(OC)ccc1OC(F)F.I. The first kappa shape index (κ1) is 24.7. The van der Waals surface area contributed by atoms with Crippen molar-refractivity contribution in [2.75, 3.05) is 40.3 Å². The first-order valence-corrected chi connectivity index (χ1v) is 9.30. The summed E-state index contributed by atoms with van der Waals surface area (Å²) >= 11 is 0. The molecule has 0 aromatic heterocycles. The number of nitrogens with one attached hydrogen (secondary N) is 2. The lowest BCUT2D eigenvalue weighted by Gasteiger charge is -2.30. The number of halogens is 3. The highest BCUT2D eigenvalue weighted by atomic mass is 127. The van der Waals surface area contributed by atoms with Gasteiger partial charge in [0, 0.05) is 32.2 Å². The Bertz CT molecular complexity index is 612. The van der Waals surface area contributed by atoms with Crippen LogP contribution in [0.1, 0.15) is 25.3 Å². The van der Waals surface area contributed by atoms with Crippen LogP contribution in [-0.4, -0.2) is 57.8 Å². The van der Waals surface area contributed by atoms with Crippen LogP contribution in [0.15, 0.2) is 23.2 Å².